The van der Waals surface area contributed by atoms with Gasteiger partial charge in [-0.15, -0.1) is 0 Å². The molecule has 1 N–H and O–H groups in total. The van der Waals surface area contributed by atoms with E-state index in [1.165, 1.54) is 0 Å². The molecule has 0 amide bonds. The lowest BCUT2D eigenvalue weighted by molar-refractivity contribution is 0.268. The molecular weight excluding hydrogens is 232 g/mol. The van der Waals surface area contributed by atoms with Gasteiger partial charge in [-0.25, -0.2) is 4.98 Å². The lowest BCUT2D eigenvalue weighted by Gasteiger charge is -1.97. The number of nitrogens with zero attached hydrogens (tertiary/aromatic N) is 2. The lowest BCUT2D eigenvalue weighted by Crippen LogP contribution is -1.96. The van der Waals surface area contributed by atoms with E-state index >= 15 is 0 Å². The monoisotopic (exact) mass is 240 g/mol. The fourth-order valence-corrected chi connectivity index (χ4v) is 1.71. The van der Waals surface area contributed by atoms with Crippen molar-refractivity contribution < 1.29 is 5.11 Å². The number of aliphatic hydroxyl groups excluding tert-OH is 1. The van der Waals surface area contributed by atoms with E-state index in [1.807, 2.05) is 29.8 Å². The van der Waals surface area contributed by atoms with Gasteiger partial charge in [-0.3, -0.25) is 0 Å². The topological polar surface area (TPSA) is 38.0 Å². The summed E-state index contributed by atoms with van der Waals surface area (Å²) in [6.07, 6.45) is 0. The Kier molecular flexibility index (Phi) is 2.09. The molecule has 0 aliphatic carbocycles. The van der Waals surface area contributed by atoms with Crippen molar-refractivity contribution in [2.75, 3.05) is 0 Å². The third-order valence-corrected chi connectivity index (χ3v) is 2.57. The Balaban J connectivity index is 2.76. The number of rotatable bonds is 1. The zero-order valence-electron chi connectivity index (χ0n) is 7.16. The summed E-state index contributed by atoms with van der Waals surface area (Å²) in [4.78, 5) is 4.27. The van der Waals surface area contributed by atoms with Crippen LogP contribution in [0.15, 0.2) is 22.7 Å². The average molecular weight is 241 g/mol. The van der Waals surface area contributed by atoms with Gasteiger partial charge in [0.15, 0.2) is 0 Å². The van der Waals surface area contributed by atoms with E-state index in [0.717, 1.165) is 15.5 Å². The van der Waals surface area contributed by atoms with Gasteiger partial charge >= 0.3 is 0 Å². The van der Waals surface area contributed by atoms with Gasteiger partial charge in [0.1, 0.15) is 12.4 Å². The van der Waals surface area contributed by atoms with E-state index in [1.54, 1.807) is 0 Å². The molecule has 0 saturated carbocycles. The molecular formula is C9H9BrN2O. The minimum atomic E-state index is -0.0250. The van der Waals surface area contributed by atoms with Gasteiger partial charge in [0.2, 0.25) is 0 Å². The molecule has 1 heterocycles. The summed E-state index contributed by atoms with van der Waals surface area (Å²) in [6.45, 7) is -0.0250. The maximum Gasteiger partial charge on any atom is 0.135 e. The molecule has 2 aromatic rings. The summed E-state index contributed by atoms with van der Waals surface area (Å²) in [5.74, 6) is 0.688. The number of aryl methyl sites for hydroxylation is 1. The predicted molar refractivity (Wildman–Crippen MR) is 54.3 cm³/mol. The highest BCUT2D eigenvalue weighted by molar-refractivity contribution is 9.10. The minimum Gasteiger partial charge on any atom is -0.388 e. The van der Waals surface area contributed by atoms with Crippen LogP contribution in [0.2, 0.25) is 0 Å². The van der Waals surface area contributed by atoms with Gasteiger partial charge in [-0.05, 0) is 18.2 Å². The van der Waals surface area contributed by atoms with E-state index in [0.29, 0.717) is 5.82 Å². The molecule has 1 aromatic carbocycles. The van der Waals surface area contributed by atoms with Crippen LogP contribution in [-0.4, -0.2) is 14.7 Å². The quantitative estimate of drug-likeness (QED) is 0.827. The van der Waals surface area contributed by atoms with Gasteiger partial charge in [0.05, 0.1) is 11.0 Å². The fourth-order valence-electron chi connectivity index (χ4n) is 1.36. The Morgan fingerprint density at radius 1 is 1.54 bits per heavy atom. The summed E-state index contributed by atoms with van der Waals surface area (Å²) in [6, 6.07) is 5.88. The van der Waals surface area contributed by atoms with E-state index in [2.05, 4.69) is 20.9 Å². The summed E-state index contributed by atoms with van der Waals surface area (Å²) >= 11 is 3.38. The SMILES string of the molecule is Cn1c(CO)nc2cc(Br)ccc21. The third kappa shape index (κ3) is 1.36. The number of aliphatic hydroxyl groups is 1. The maximum absolute atomic E-state index is 8.99. The first-order valence-electron chi connectivity index (χ1n) is 3.94. The lowest BCUT2D eigenvalue weighted by atomic mass is 10.3. The van der Waals surface area contributed by atoms with Crippen LogP contribution in [0.3, 0.4) is 0 Å². The Bertz CT molecular complexity index is 450. The molecule has 4 heteroatoms. The zero-order chi connectivity index (χ0) is 9.42. The van der Waals surface area contributed by atoms with Gasteiger partial charge in [0.25, 0.3) is 0 Å². The van der Waals surface area contributed by atoms with Crippen molar-refractivity contribution in [2.24, 2.45) is 7.05 Å². The number of fused-ring (bicyclic) bond motifs is 1. The molecule has 0 saturated heterocycles. The summed E-state index contributed by atoms with van der Waals surface area (Å²) in [5.41, 5.74) is 1.94. The molecule has 0 spiro atoms. The smallest absolute Gasteiger partial charge is 0.135 e. The highest BCUT2D eigenvalue weighted by Gasteiger charge is 2.05. The van der Waals surface area contributed by atoms with Crippen molar-refractivity contribution in [3.8, 4) is 0 Å². The molecule has 0 bridgehead atoms. The maximum atomic E-state index is 8.99. The van der Waals surface area contributed by atoms with Gasteiger partial charge in [-0.2, -0.15) is 0 Å². The molecule has 0 aliphatic heterocycles. The Morgan fingerprint density at radius 2 is 2.31 bits per heavy atom. The highest BCUT2D eigenvalue weighted by atomic mass is 79.9. The number of hydrogen-bond donors (Lipinski definition) is 1. The van der Waals surface area contributed by atoms with Crippen LogP contribution in [0.1, 0.15) is 5.82 Å². The van der Waals surface area contributed by atoms with Crippen LogP contribution >= 0.6 is 15.9 Å². The Hall–Kier alpha value is -0.870. The van der Waals surface area contributed by atoms with Crippen LogP contribution in [0.25, 0.3) is 11.0 Å². The van der Waals surface area contributed by atoms with Crippen molar-refractivity contribution in [1.29, 1.82) is 0 Å². The van der Waals surface area contributed by atoms with Crippen LogP contribution < -0.4 is 0 Å². The molecule has 68 valence electrons. The molecule has 0 atom stereocenters. The van der Waals surface area contributed by atoms with Gasteiger partial charge < -0.3 is 9.67 Å². The average Bonchev–Trinajstić information content (AvgIpc) is 2.42. The van der Waals surface area contributed by atoms with Crippen LogP contribution in [0.4, 0.5) is 0 Å². The normalized spacial score (nSPS) is 11.0. The summed E-state index contributed by atoms with van der Waals surface area (Å²) in [5, 5.41) is 8.99. The van der Waals surface area contributed by atoms with E-state index in [-0.39, 0.29) is 6.61 Å². The first-order valence-corrected chi connectivity index (χ1v) is 4.73. The Morgan fingerprint density at radius 3 is 3.00 bits per heavy atom. The predicted octanol–water partition coefficient (Wildman–Crippen LogP) is 1.83. The Labute approximate surface area is 84.1 Å². The third-order valence-electron chi connectivity index (χ3n) is 2.08. The van der Waals surface area contributed by atoms with Crippen LogP contribution in [-0.2, 0) is 13.7 Å². The van der Waals surface area contributed by atoms with Crippen LogP contribution in [0.5, 0.6) is 0 Å². The van der Waals surface area contributed by atoms with E-state index in [4.69, 9.17) is 5.11 Å². The first-order chi connectivity index (χ1) is 6.22. The van der Waals surface area contributed by atoms with Crippen molar-refractivity contribution >= 4 is 27.0 Å². The molecule has 1 aromatic heterocycles. The minimum absolute atomic E-state index is 0.0250. The van der Waals surface area contributed by atoms with Crippen LogP contribution in [0, 0.1) is 0 Å². The van der Waals surface area contributed by atoms with Crippen molar-refractivity contribution in [1.82, 2.24) is 9.55 Å². The van der Waals surface area contributed by atoms with Gasteiger partial charge in [0, 0.05) is 11.5 Å². The highest BCUT2D eigenvalue weighted by Crippen LogP contribution is 2.19. The summed E-state index contributed by atoms with van der Waals surface area (Å²) < 4.78 is 2.89. The second-order valence-corrected chi connectivity index (χ2v) is 3.79. The molecule has 13 heavy (non-hydrogen) atoms. The molecule has 2 rings (SSSR count). The largest absolute Gasteiger partial charge is 0.388 e. The van der Waals surface area contributed by atoms with Crippen molar-refractivity contribution in [3.05, 3.63) is 28.5 Å². The second-order valence-electron chi connectivity index (χ2n) is 2.88. The molecule has 0 radical (unpaired) electrons. The zero-order valence-corrected chi connectivity index (χ0v) is 8.74. The first kappa shape index (κ1) is 8.72. The van der Waals surface area contributed by atoms with E-state index < -0.39 is 0 Å². The fraction of sp³-hybridized carbons (Fsp3) is 0.222. The summed E-state index contributed by atoms with van der Waals surface area (Å²) in [7, 11) is 1.90. The number of hydrogen-bond acceptors (Lipinski definition) is 2. The number of imidazole rings is 1. The molecule has 0 unspecified atom stereocenters. The van der Waals surface area contributed by atoms with Crippen molar-refractivity contribution in [2.45, 2.75) is 6.61 Å². The molecule has 0 fully saturated rings. The number of halogens is 1. The number of aromatic nitrogens is 2. The van der Waals surface area contributed by atoms with Gasteiger partial charge in [-0.1, -0.05) is 15.9 Å². The van der Waals surface area contributed by atoms with Crippen molar-refractivity contribution in [3.63, 3.8) is 0 Å². The van der Waals surface area contributed by atoms with E-state index in [9.17, 15) is 0 Å². The second kappa shape index (κ2) is 3.12. The standard InChI is InChI=1S/C9H9BrN2O/c1-12-8-3-2-6(10)4-7(8)11-9(12)5-13/h2-4,13H,5H2,1H3. The molecule has 3 nitrogen and oxygen atoms in total. The number of benzene rings is 1. The molecule has 0 aliphatic rings.